The third-order valence-corrected chi connectivity index (χ3v) is 5.48. The second kappa shape index (κ2) is 9.60. The van der Waals surface area contributed by atoms with E-state index >= 15 is 0 Å². The van der Waals surface area contributed by atoms with Crippen LogP contribution in [0.25, 0.3) is 0 Å². The van der Waals surface area contributed by atoms with Gasteiger partial charge in [-0.15, -0.1) is 0 Å². The van der Waals surface area contributed by atoms with Crippen LogP contribution in [0.15, 0.2) is 54.6 Å². The summed E-state index contributed by atoms with van der Waals surface area (Å²) >= 11 is 5.92. The van der Waals surface area contributed by atoms with Gasteiger partial charge < -0.3 is 15.0 Å². The first-order chi connectivity index (χ1) is 13.6. The third-order valence-electron chi connectivity index (χ3n) is 5.23. The van der Waals surface area contributed by atoms with E-state index < -0.39 is 0 Å². The van der Waals surface area contributed by atoms with Gasteiger partial charge in [0.1, 0.15) is 0 Å². The number of rotatable bonds is 5. The molecule has 1 fully saturated rings. The average molecular weight is 401 g/mol. The van der Waals surface area contributed by atoms with E-state index in [1.165, 1.54) is 7.11 Å². The normalized spacial score (nSPS) is 15.7. The molecule has 0 bridgehead atoms. The Bertz CT molecular complexity index is 787. The highest BCUT2D eigenvalue weighted by Crippen LogP contribution is 2.29. The highest BCUT2D eigenvalue weighted by atomic mass is 35.5. The van der Waals surface area contributed by atoms with Crippen LogP contribution in [-0.2, 0) is 4.74 Å². The SMILES string of the molecule is COC(=O)N1CCC(CC(NC(=O)c2ccc(Cl)cc2)c2ccccc2)CC1. The van der Waals surface area contributed by atoms with Gasteiger partial charge in [-0.25, -0.2) is 4.79 Å². The van der Waals surface area contributed by atoms with Gasteiger partial charge in [-0.1, -0.05) is 41.9 Å². The van der Waals surface area contributed by atoms with Crippen molar-refractivity contribution in [2.24, 2.45) is 5.92 Å². The Kier molecular flexibility index (Phi) is 6.93. The molecule has 0 radical (unpaired) electrons. The van der Waals surface area contributed by atoms with Crippen LogP contribution in [0.2, 0.25) is 5.02 Å². The molecule has 0 saturated carbocycles. The van der Waals surface area contributed by atoms with Gasteiger partial charge in [0.25, 0.3) is 5.91 Å². The van der Waals surface area contributed by atoms with E-state index in [1.807, 2.05) is 30.3 Å². The minimum absolute atomic E-state index is 0.0842. The maximum absolute atomic E-state index is 12.7. The zero-order valence-corrected chi connectivity index (χ0v) is 16.7. The minimum atomic E-state index is -0.269. The number of nitrogens with zero attached hydrogens (tertiary/aromatic N) is 1. The minimum Gasteiger partial charge on any atom is -0.453 e. The summed E-state index contributed by atoms with van der Waals surface area (Å²) in [5.41, 5.74) is 1.67. The highest BCUT2D eigenvalue weighted by molar-refractivity contribution is 6.30. The van der Waals surface area contributed by atoms with Crippen LogP contribution < -0.4 is 5.32 Å². The number of hydrogen-bond acceptors (Lipinski definition) is 3. The second-order valence-corrected chi connectivity index (χ2v) is 7.52. The first kappa shape index (κ1) is 20.2. The average Bonchev–Trinajstić information content (AvgIpc) is 2.74. The van der Waals surface area contributed by atoms with Gasteiger partial charge in [0, 0.05) is 23.7 Å². The number of nitrogens with one attached hydrogen (secondary N) is 1. The van der Waals surface area contributed by atoms with E-state index in [-0.39, 0.29) is 18.0 Å². The lowest BCUT2D eigenvalue weighted by Gasteiger charge is -2.33. The Hall–Kier alpha value is -2.53. The summed E-state index contributed by atoms with van der Waals surface area (Å²) in [4.78, 5) is 26.2. The smallest absolute Gasteiger partial charge is 0.409 e. The number of piperidine rings is 1. The van der Waals surface area contributed by atoms with Crippen molar-refractivity contribution in [3.8, 4) is 0 Å². The predicted molar refractivity (Wildman–Crippen MR) is 109 cm³/mol. The summed E-state index contributed by atoms with van der Waals surface area (Å²) in [6.07, 6.45) is 2.36. The largest absolute Gasteiger partial charge is 0.453 e. The predicted octanol–water partition coefficient (Wildman–Crippen LogP) is 4.68. The lowest BCUT2D eigenvalue weighted by molar-refractivity contribution is 0.0915. The van der Waals surface area contributed by atoms with Crippen molar-refractivity contribution >= 4 is 23.6 Å². The van der Waals surface area contributed by atoms with Gasteiger partial charge in [0.2, 0.25) is 0 Å². The molecule has 1 saturated heterocycles. The van der Waals surface area contributed by atoms with Crippen molar-refractivity contribution in [1.29, 1.82) is 0 Å². The topological polar surface area (TPSA) is 58.6 Å². The number of carbonyl (C=O) groups excluding carboxylic acids is 2. The van der Waals surface area contributed by atoms with Crippen molar-refractivity contribution in [2.75, 3.05) is 20.2 Å². The Balaban J connectivity index is 1.67. The zero-order chi connectivity index (χ0) is 19.9. The fourth-order valence-electron chi connectivity index (χ4n) is 3.62. The van der Waals surface area contributed by atoms with E-state index in [0.717, 1.165) is 24.8 Å². The monoisotopic (exact) mass is 400 g/mol. The quantitative estimate of drug-likeness (QED) is 0.792. The number of likely N-dealkylation sites (tertiary alicyclic amines) is 1. The van der Waals surface area contributed by atoms with Gasteiger partial charge >= 0.3 is 6.09 Å². The van der Waals surface area contributed by atoms with E-state index in [0.29, 0.717) is 29.6 Å². The van der Waals surface area contributed by atoms with Crippen molar-refractivity contribution in [3.63, 3.8) is 0 Å². The molecule has 6 heteroatoms. The first-order valence-corrected chi connectivity index (χ1v) is 9.89. The maximum atomic E-state index is 12.7. The lowest BCUT2D eigenvalue weighted by atomic mass is 9.87. The number of amides is 2. The summed E-state index contributed by atoms with van der Waals surface area (Å²) in [7, 11) is 1.41. The zero-order valence-electron chi connectivity index (χ0n) is 15.9. The summed E-state index contributed by atoms with van der Waals surface area (Å²) in [5, 5.41) is 3.78. The standard InChI is InChI=1S/C22H25ClN2O3/c1-28-22(27)25-13-11-16(12-14-25)15-20(17-5-3-2-4-6-17)24-21(26)18-7-9-19(23)10-8-18/h2-10,16,20H,11-15H2,1H3,(H,24,26). The number of ether oxygens (including phenoxy) is 1. The van der Waals surface area contributed by atoms with E-state index in [4.69, 9.17) is 16.3 Å². The highest BCUT2D eigenvalue weighted by Gasteiger charge is 2.26. The summed E-state index contributed by atoms with van der Waals surface area (Å²) < 4.78 is 4.81. The van der Waals surface area contributed by atoms with E-state index in [1.54, 1.807) is 29.2 Å². The van der Waals surface area contributed by atoms with E-state index in [9.17, 15) is 9.59 Å². The molecule has 1 N–H and O–H groups in total. The summed E-state index contributed by atoms with van der Waals surface area (Å²) in [5.74, 6) is 0.314. The molecule has 2 aromatic rings. The summed E-state index contributed by atoms with van der Waals surface area (Å²) in [6, 6.07) is 16.8. The van der Waals surface area contributed by atoms with Crippen molar-refractivity contribution in [3.05, 3.63) is 70.7 Å². The molecule has 1 heterocycles. The Morgan fingerprint density at radius 3 is 2.36 bits per heavy atom. The van der Waals surface area contributed by atoms with Crippen LogP contribution in [-0.4, -0.2) is 37.1 Å². The third kappa shape index (κ3) is 5.26. The molecule has 148 valence electrons. The molecule has 0 spiro atoms. The van der Waals surface area contributed by atoms with Crippen LogP contribution in [0.4, 0.5) is 4.79 Å². The molecule has 5 nitrogen and oxygen atoms in total. The van der Waals surface area contributed by atoms with Gasteiger partial charge in [0.05, 0.1) is 13.2 Å². The molecule has 1 atom stereocenters. The molecular formula is C22H25ClN2O3. The van der Waals surface area contributed by atoms with Gasteiger partial charge in [-0.3, -0.25) is 4.79 Å². The van der Waals surface area contributed by atoms with Crippen LogP contribution in [0.3, 0.4) is 0 Å². The van der Waals surface area contributed by atoms with Crippen LogP contribution in [0.5, 0.6) is 0 Å². The number of carbonyl (C=O) groups is 2. The van der Waals surface area contributed by atoms with Crippen molar-refractivity contribution in [2.45, 2.75) is 25.3 Å². The fourth-order valence-corrected chi connectivity index (χ4v) is 3.75. The van der Waals surface area contributed by atoms with Crippen molar-refractivity contribution in [1.82, 2.24) is 10.2 Å². The number of methoxy groups -OCH3 is 1. The Labute approximate surface area is 170 Å². The van der Waals surface area contributed by atoms with Gasteiger partial charge in [-0.2, -0.15) is 0 Å². The molecule has 0 aromatic heterocycles. The molecule has 1 aliphatic heterocycles. The molecule has 1 aliphatic rings. The fraction of sp³-hybridized carbons (Fsp3) is 0.364. The lowest BCUT2D eigenvalue weighted by Crippen LogP contribution is -2.39. The van der Waals surface area contributed by atoms with Crippen molar-refractivity contribution < 1.29 is 14.3 Å². The maximum Gasteiger partial charge on any atom is 0.409 e. The van der Waals surface area contributed by atoms with Crippen LogP contribution >= 0.6 is 11.6 Å². The molecule has 3 rings (SSSR count). The van der Waals surface area contributed by atoms with Crippen LogP contribution in [0.1, 0.15) is 41.2 Å². The number of halogens is 1. The van der Waals surface area contributed by atoms with E-state index in [2.05, 4.69) is 5.32 Å². The second-order valence-electron chi connectivity index (χ2n) is 7.08. The molecule has 1 unspecified atom stereocenters. The molecule has 0 aliphatic carbocycles. The first-order valence-electron chi connectivity index (χ1n) is 9.51. The molecule has 28 heavy (non-hydrogen) atoms. The molecular weight excluding hydrogens is 376 g/mol. The van der Waals surface area contributed by atoms with Gasteiger partial charge in [0.15, 0.2) is 0 Å². The Morgan fingerprint density at radius 2 is 1.75 bits per heavy atom. The summed E-state index contributed by atoms with van der Waals surface area (Å²) in [6.45, 7) is 1.37. The number of benzene rings is 2. The molecule has 2 aromatic carbocycles. The van der Waals surface area contributed by atoms with Crippen LogP contribution in [0, 0.1) is 5.92 Å². The number of hydrogen-bond donors (Lipinski definition) is 1. The Morgan fingerprint density at radius 1 is 1.11 bits per heavy atom. The van der Waals surface area contributed by atoms with Gasteiger partial charge in [-0.05, 0) is 55.0 Å². The molecule has 2 amide bonds.